The molecular formula is C13H14N6S. The Labute approximate surface area is 120 Å². The van der Waals surface area contributed by atoms with E-state index in [0.29, 0.717) is 0 Å². The lowest BCUT2D eigenvalue weighted by atomic mass is 10.2. The first-order chi connectivity index (χ1) is 9.83. The van der Waals surface area contributed by atoms with Crippen LogP contribution < -0.4 is 5.32 Å². The van der Waals surface area contributed by atoms with Crippen molar-refractivity contribution in [2.75, 3.05) is 11.9 Å². The number of thiazole rings is 1. The van der Waals surface area contributed by atoms with Crippen molar-refractivity contribution in [1.29, 1.82) is 0 Å². The molecule has 0 aliphatic carbocycles. The second-order valence-electron chi connectivity index (χ2n) is 4.82. The highest BCUT2D eigenvalue weighted by Gasteiger charge is 2.25. The van der Waals surface area contributed by atoms with Crippen LogP contribution in [-0.2, 0) is 7.05 Å². The Morgan fingerprint density at radius 3 is 3.05 bits per heavy atom. The van der Waals surface area contributed by atoms with Crippen LogP contribution in [0.25, 0.3) is 11.5 Å². The van der Waals surface area contributed by atoms with Gasteiger partial charge in [0.2, 0.25) is 0 Å². The molecule has 0 fully saturated rings. The summed E-state index contributed by atoms with van der Waals surface area (Å²) in [6.45, 7) is 0.940. The summed E-state index contributed by atoms with van der Waals surface area (Å²) in [6, 6.07) is 2.28. The average Bonchev–Trinajstić information content (AvgIpc) is 3.17. The summed E-state index contributed by atoms with van der Waals surface area (Å²) in [5.74, 6) is 1.92. The highest BCUT2D eigenvalue weighted by Crippen LogP contribution is 2.32. The molecule has 4 heterocycles. The maximum absolute atomic E-state index is 4.73. The summed E-state index contributed by atoms with van der Waals surface area (Å²) in [5.41, 5.74) is 0.892. The van der Waals surface area contributed by atoms with E-state index in [2.05, 4.69) is 21.4 Å². The van der Waals surface area contributed by atoms with Gasteiger partial charge >= 0.3 is 0 Å². The number of aromatic nitrogens is 5. The lowest BCUT2D eigenvalue weighted by Crippen LogP contribution is -2.24. The molecule has 3 aromatic heterocycles. The van der Waals surface area contributed by atoms with Crippen LogP contribution in [0.3, 0.4) is 0 Å². The van der Waals surface area contributed by atoms with Crippen molar-refractivity contribution in [2.45, 2.75) is 12.5 Å². The third-order valence-electron chi connectivity index (χ3n) is 3.54. The Kier molecular flexibility index (Phi) is 2.59. The number of hydrogen-bond donors (Lipinski definition) is 1. The lowest BCUT2D eigenvalue weighted by molar-refractivity contribution is 0.481. The van der Waals surface area contributed by atoms with Crippen LogP contribution in [0.5, 0.6) is 0 Å². The smallest absolute Gasteiger partial charge is 0.160 e. The number of rotatable bonds is 2. The van der Waals surface area contributed by atoms with Gasteiger partial charge in [-0.25, -0.2) is 14.6 Å². The molecule has 3 aromatic rings. The van der Waals surface area contributed by atoms with Crippen molar-refractivity contribution in [3.8, 4) is 11.5 Å². The van der Waals surface area contributed by atoms with Crippen molar-refractivity contribution < 1.29 is 0 Å². The summed E-state index contributed by atoms with van der Waals surface area (Å²) in [6.07, 6.45) is 6.58. The first-order valence-electron chi connectivity index (χ1n) is 6.53. The molecule has 6 nitrogen and oxygen atoms in total. The minimum Gasteiger partial charge on any atom is -0.370 e. The highest BCUT2D eigenvalue weighted by molar-refractivity contribution is 7.09. The fourth-order valence-electron chi connectivity index (χ4n) is 2.57. The summed E-state index contributed by atoms with van der Waals surface area (Å²) in [7, 11) is 1.98. The van der Waals surface area contributed by atoms with E-state index in [4.69, 9.17) is 5.10 Å². The molecule has 1 aliphatic heterocycles. The molecule has 102 valence electrons. The summed E-state index contributed by atoms with van der Waals surface area (Å²) in [4.78, 5) is 8.80. The first kappa shape index (κ1) is 11.7. The van der Waals surface area contributed by atoms with Gasteiger partial charge in [-0.1, -0.05) is 0 Å². The molecule has 4 rings (SSSR count). The van der Waals surface area contributed by atoms with E-state index in [-0.39, 0.29) is 6.04 Å². The number of nitrogens with one attached hydrogen (secondary N) is 1. The maximum Gasteiger partial charge on any atom is 0.160 e. The van der Waals surface area contributed by atoms with Crippen molar-refractivity contribution in [3.05, 3.63) is 35.0 Å². The van der Waals surface area contributed by atoms with Gasteiger partial charge in [-0.3, -0.25) is 0 Å². The molecule has 0 aromatic carbocycles. The van der Waals surface area contributed by atoms with Crippen molar-refractivity contribution in [3.63, 3.8) is 0 Å². The number of anilines is 1. The van der Waals surface area contributed by atoms with Crippen LogP contribution in [0.15, 0.2) is 30.0 Å². The standard InChI is InChI=1S/C13H14N6S/c1-18-6-4-15-12(18)9-8-11-14-3-2-10(19(11)17-9)13-16-5-7-20-13/h4-8,10,14H,2-3H2,1H3. The fourth-order valence-corrected chi connectivity index (χ4v) is 3.33. The van der Waals surface area contributed by atoms with Gasteiger partial charge in [-0.2, -0.15) is 5.10 Å². The fraction of sp³-hybridized carbons (Fsp3) is 0.308. The molecule has 1 aliphatic rings. The van der Waals surface area contributed by atoms with Gasteiger partial charge in [0.25, 0.3) is 0 Å². The van der Waals surface area contributed by atoms with Crippen LogP contribution in [0, 0.1) is 0 Å². The molecule has 0 amide bonds. The molecule has 7 heteroatoms. The molecule has 0 spiro atoms. The van der Waals surface area contributed by atoms with E-state index in [1.54, 1.807) is 17.5 Å². The van der Waals surface area contributed by atoms with E-state index in [9.17, 15) is 0 Å². The Balaban J connectivity index is 1.80. The first-order valence-corrected chi connectivity index (χ1v) is 7.41. The normalized spacial score (nSPS) is 17.8. The minimum absolute atomic E-state index is 0.222. The number of nitrogens with zero attached hydrogens (tertiary/aromatic N) is 5. The van der Waals surface area contributed by atoms with Gasteiger partial charge in [-0.15, -0.1) is 11.3 Å². The zero-order valence-corrected chi connectivity index (χ0v) is 11.8. The molecule has 1 N–H and O–H groups in total. The van der Waals surface area contributed by atoms with Crippen molar-refractivity contribution in [2.24, 2.45) is 7.05 Å². The quantitative estimate of drug-likeness (QED) is 0.784. The van der Waals surface area contributed by atoms with E-state index < -0.39 is 0 Å². The number of imidazole rings is 1. The van der Waals surface area contributed by atoms with Crippen LogP contribution in [0.1, 0.15) is 17.5 Å². The third kappa shape index (κ3) is 1.74. The van der Waals surface area contributed by atoms with Crippen molar-refractivity contribution >= 4 is 17.2 Å². The Morgan fingerprint density at radius 2 is 2.30 bits per heavy atom. The number of fused-ring (bicyclic) bond motifs is 1. The van der Waals surface area contributed by atoms with Gasteiger partial charge in [0, 0.05) is 43.6 Å². The molecule has 0 saturated heterocycles. The van der Waals surface area contributed by atoms with Crippen LogP contribution in [0.4, 0.5) is 5.82 Å². The second kappa shape index (κ2) is 4.45. The molecular weight excluding hydrogens is 272 g/mol. The second-order valence-corrected chi connectivity index (χ2v) is 5.75. The molecule has 0 radical (unpaired) electrons. The molecule has 20 heavy (non-hydrogen) atoms. The molecule has 0 saturated carbocycles. The summed E-state index contributed by atoms with van der Waals surface area (Å²) < 4.78 is 4.01. The Hall–Kier alpha value is -2.15. The Bertz CT molecular complexity index is 726. The van der Waals surface area contributed by atoms with Crippen LogP contribution in [-0.4, -0.2) is 30.9 Å². The summed E-state index contributed by atoms with van der Waals surface area (Å²) >= 11 is 1.68. The van der Waals surface area contributed by atoms with Gasteiger partial charge in [0.15, 0.2) is 5.82 Å². The van der Waals surface area contributed by atoms with Gasteiger partial charge in [0.05, 0.1) is 0 Å². The predicted octanol–water partition coefficient (Wildman–Crippen LogP) is 2.15. The number of hydrogen-bond acceptors (Lipinski definition) is 5. The van der Waals surface area contributed by atoms with Gasteiger partial charge < -0.3 is 9.88 Å². The van der Waals surface area contributed by atoms with Crippen LogP contribution >= 0.6 is 11.3 Å². The SMILES string of the molecule is Cn1ccnc1-c1cc2n(n1)C(c1nccs1)CCN2. The summed E-state index contributed by atoms with van der Waals surface area (Å²) in [5, 5.41) is 11.3. The largest absolute Gasteiger partial charge is 0.370 e. The minimum atomic E-state index is 0.222. The zero-order chi connectivity index (χ0) is 13.5. The average molecular weight is 286 g/mol. The van der Waals surface area contributed by atoms with E-state index in [1.165, 1.54) is 0 Å². The zero-order valence-electron chi connectivity index (χ0n) is 11.0. The molecule has 1 atom stereocenters. The molecule has 1 unspecified atom stereocenters. The van der Waals surface area contributed by atoms with Gasteiger partial charge in [-0.05, 0) is 6.42 Å². The van der Waals surface area contributed by atoms with E-state index >= 15 is 0 Å². The van der Waals surface area contributed by atoms with Crippen LogP contribution in [0.2, 0.25) is 0 Å². The number of aryl methyl sites for hydroxylation is 1. The van der Waals surface area contributed by atoms with Crippen molar-refractivity contribution in [1.82, 2.24) is 24.3 Å². The Morgan fingerprint density at radius 1 is 1.35 bits per heavy atom. The third-order valence-corrected chi connectivity index (χ3v) is 4.42. The van der Waals surface area contributed by atoms with E-state index in [1.807, 2.05) is 34.1 Å². The lowest BCUT2D eigenvalue weighted by Gasteiger charge is -2.23. The topological polar surface area (TPSA) is 60.6 Å². The van der Waals surface area contributed by atoms with E-state index in [0.717, 1.165) is 35.3 Å². The van der Waals surface area contributed by atoms with Gasteiger partial charge in [0.1, 0.15) is 22.6 Å². The predicted molar refractivity (Wildman–Crippen MR) is 77.8 cm³/mol. The maximum atomic E-state index is 4.73. The molecule has 0 bridgehead atoms. The monoisotopic (exact) mass is 286 g/mol. The highest BCUT2D eigenvalue weighted by atomic mass is 32.1.